The van der Waals surface area contributed by atoms with Gasteiger partial charge in [0, 0.05) is 22.8 Å². The summed E-state index contributed by atoms with van der Waals surface area (Å²) >= 11 is 7.66. The second-order valence-corrected chi connectivity index (χ2v) is 8.29. The molecule has 0 saturated carbocycles. The smallest absolute Gasteiger partial charge is 0.204 e. The van der Waals surface area contributed by atoms with Crippen LogP contribution in [0.5, 0.6) is 0 Å². The maximum Gasteiger partial charge on any atom is 0.204 e. The van der Waals surface area contributed by atoms with Crippen molar-refractivity contribution in [3.8, 4) is 0 Å². The summed E-state index contributed by atoms with van der Waals surface area (Å²) in [6, 6.07) is 15.4. The minimum absolute atomic E-state index is 0.486. The van der Waals surface area contributed by atoms with Gasteiger partial charge in [-0.1, -0.05) is 24.3 Å². The number of para-hydroxylation sites is 1. The van der Waals surface area contributed by atoms with Gasteiger partial charge < -0.3 is 0 Å². The monoisotopic (exact) mass is 380 g/mol. The summed E-state index contributed by atoms with van der Waals surface area (Å²) in [7, 11) is 0. The van der Waals surface area contributed by atoms with E-state index in [0.717, 1.165) is 29.1 Å². The second kappa shape index (κ2) is 6.30. The number of rotatable bonds is 3. The molecule has 4 heterocycles. The number of hydrogen-bond acceptors (Lipinski definition) is 4. The van der Waals surface area contributed by atoms with E-state index in [1.807, 2.05) is 16.0 Å². The van der Waals surface area contributed by atoms with Crippen LogP contribution in [0.25, 0.3) is 16.6 Å². The van der Waals surface area contributed by atoms with Crippen LogP contribution in [0.4, 0.5) is 0 Å². The number of aryl methyl sites for hydroxylation is 1. The number of hydrogen-bond donors (Lipinski definition) is 0. The molecule has 0 aliphatic carbocycles. The Morgan fingerprint density at radius 1 is 1.23 bits per heavy atom. The molecule has 0 radical (unpaired) electrons. The standard InChI is InChI=1S/C20H20N4S2/c1-14-12-19-21-23(20(25)24(19)16-7-3-2-6-15(14)16)13-22-10-4-8-17(22)18-9-5-11-26-18/h2-3,5-7,9,11-12,17H,4,8,10,13H2,1H3/t17-/m1/s1. The van der Waals surface area contributed by atoms with E-state index in [9.17, 15) is 0 Å². The van der Waals surface area contributed by atoms with Crippen molar-refractivity contribution in [3.05, 3.63) is 63.1 Å². The van der Waals surface area contributed by atoms with E-state index in [1.54, 1.807) is 0 Å². The number of fused-ring (bicyclic) bond motifs is 3. The quantitative estimate of drug-likeness (QED) is 0.458. The Morgan fingerprint density at radius 2 is 2.12 bits per heavy atom. The number of nitrogens with zero attached hydrogens (tertiary/aromatic N) is 4. The van der Waals surface area contributed by atoms with Gasteiger partial charge in [0.05, 0.1) is 12.2 Å². The third kappa shape index (κ3) is 2.52. The van der Waals surface area contributed by atoms with Gasteiger partial charge in [-0.05, 0) is 61.1 Å². The molecular weight excluding hydrogens is 360 g/mol. The van der Waals surface area contributed by atoms with Crippen LogP contribution in [0, 0.1) is 11.7 Å². The molecular formula is C20H20N4S2. The van der Waals surface area contributed by atoms with Crippen molar-refractivity contribution in [2.45, 2.75) is 32.5 Å². The Kier molecular flexibility index (Phi) is 3.92. The van der Waals surface area contributed by atoms with Gasteiger partial charge in [-0.25, -0.2) is 4.68 Å². The van der Waals surface area contributed by atoms with Gasteiger partial charge in [0.15, 0.2) is 5.65 Å². The zero-order valence-corrected chi connectivity index (χ0v) is 16.3. The summed E-state index contributed by atoms with van der Waals surface area (Å²) in [5.74, 6) is 0. The van der Waals surface area contributed by atoms with E-state index < -0.39 is 0 Å². The first-order chi connectivity index (χ1) is 12.7. The van der Waals surface area contributed by atoms with E-state index >= 15 is 0 Å². The van der Waals surface area contributed by atoms with Crippen LogP contribution < -0.4 is 0 Å². The zero-order chi connectivity index (χ0) is 17.7. The van der Waals surface area contributed by atoms with E-state index in [0.29, 0.717) is 6.04 Å². The fourth-order valence-electron chi connectivity index (χ4n) is 4.08. The molecule has 1 atom stereocenters. The number of aromatic nitrogens is 3. The van der Waals surface area contributed by atoms with Crippen LogP contribution in [-0.2, 0) is 6.67 Å². The Balaban J connectivity index is 1.59. The second-order valence-electron chi connectivity index (χ2n) is 6.95. The largest absolute Gasteiger partial charge is 0.276 e. The number of benzene rings is 1. The first kappa shape index (κ1) is 16.2. The van der Waals surface area contributed by atoms with Crippen LogP contribution in [0.3, 0.4) is 0 Å². The summed E-state index contributed by atoms with van der Waals surface area (Å²) in [4.78, 5) is 3.95. The zero-order valence-electron chi connectivity index (χ0n) is 14.6. The lowest BCUT2D eigenvalue weighted by molar-refractivity contribution is 0.192. The van der Waals surface area contributed by atoms with E-state index in [4.69, 9.17) is 17.3 Å². The lowest BCUT2D eigenvalue weighted by atomic mass is 10.1. The highest BCUT2D eigenvalue weighted by molar-refractivity contribution is 7.71. The average Bonchev–Trinajstić information content (AvgIpc) is 3.37. The molecule has 1 saturated heterocycles. The lowest BCUT2D eigenvalue weighted by Gasteiger charge is -2.23. The molecule has 132 valence electrons. The maximum absolute atomic E-state index is 5.81. The highest BCUT2D eigenvalue weighted by Crippen LogP contribution is 2.34. The molecule has 6 heteroatoms. The van der Waals surface area contributed by atoms with Gasteiger partial charge in [0.2, 0.25) is 4.77 Å². The maximum atomic E-state index is 5.81. The van der Waals surface area contributed by atoms with Crippen molar-refractivity contribution < 1.29 is 0 Å². The molecule has 1 aliphatic heterocycles. The van der Waals surface area contributed by atoms with Crippen LogP contribution in [0.2, 0.25) is 0 Å². The van der Waals surface area contributed by atoms with Gasteiger partial charge in [-0.2, -0.15) is 5.10 Å². The molecule has 0 spiro atoms. The van der Waals surface area contributed by atoms with Gasteiger partial charge >= 0.3 is 0 Å². The average molecular weight is 381 g/mol. The molecule has 4 aromatic rings. The van der Waals surface area contributed by atoms with Crippen molar-refractivity contribution in [1.29, 1.82) is 0 Å². The molecule has 5 rings (SSSR count). The Morgan fingerprint density at radius 3 is 2.96 bits per heavy atom. The van der Waals surface area contributed by atoms with Crippen LogP contribution >= 0.6 is 23.6 Å². The molecule has 3 aromatic heterocycles. The molecule has 0 unspecified atom stereocenters. The molecule has 1 fully saturated rings. The van der Waals surface area contributed by atoms with E-state index in [1.165, 1.54) is 28.7 Å². The van der Waals surface area contributed by atoms with Gasteiger partial charge in [-0.3, -0.25) is 9.30 Å². The van der Waals surface area contributed by atoms with Gasteiger partial charge in [-0.15, -0.1) is 11.3 Å². The highest BCUT2D eigenvalue weighted by atomic mass is 32.1. The van der Waals surface area contributed by atoms with E-state index in [-0.39, 0.29) is 0 Å². The molecule has 0 bridgehead atoms. The van der Waals surface area contributed by atoms with Crippen LogP contribution in [0.15, 0.2) is 47.8 Å². The first-order valence-electron chi connectivity index (χ1n) is 8.98. The topological polar surface area (TPSA) is 25.5 Å². The first-order valence-corrected chi connectivity index (χ1v) is 10.3. The SMILES string of the molecule is Cc1cc2nn(CN3CCC[C@@H]3c3cccs3)c(=S)n2c2ccccc12. The van der Waals surface area contributed by atoms with Crippen molar-refractivity contribution in [2.24, 2.45) is 0 Å². The molecule has 0 amide bonds. The summed E-state index contributed by atoms with van der Waals surface area (Å²) in [6.07, 6.45) is 2.44. The number of likely N-dealkylation sites (tertiary alicyclic amines) is 1. The van der Waals surface area contributed by atoms with E-state index in [2.05, 4.69) is 64.1 Å². The van der Waals surface area contributed by atoms with Crippen LogP contribution in [-0.4, -0.2) is 25.6 Å². The van der Waals surface area contributed by atoms with Crippen molar-refractivity contribution in [2.75, 3.05) is 6.54 Å². The molecule has 1 aliphatic rings. The Bertz CT molecular complexity index is 1140. The fraction of sp³-hybridized carbons (Fsp3) is 0.300. The minimum atomic E-state index is 0.486. The molecule has 1 aromatic carbocycles. The van der Waals surface area contributed by atoms with Crippen LogP contribution in [0.1, 0.15) is 29.3 Å². The Labute approximate surface area is 161 Å². The highest BCUT2D eigenvalue weighted by Gasteiger charge is 2.27. The molecule has 4 nitrogen and oxygen atoms in total. The van der Waals surface area contributed by atoms with Gasteiger partial charge in [0.1, 0.15) is 0 Å². The summed E-state index contributed by atoms with van der Waals surface area (Å²) in [6.45, 7) is 3.98. The minimum Gasteiger partial charge on any atom is -0.276 e. The number of thiophene rings is 1. The normalized spacial score (nSPS) is 18.3. The molecule has 0 N–H and O–H groups in total. The van der Waals surface area contributed by atoms with Gasteiger partial charge in [0.25, 0.3) is 0 Å². The molecule has 26 heavy (non-hydrogen) atoms. The third-order valence-electron chi connectivity index (χ3n) is 5.33. The summed E-state index contributed by atoms with van der Waals surface area (Å²) in [5, 5.41) is 8.23. The predicted molar refractivity (Wildman–Crippen MR) is 109 cm³/mol. The summed E-state index contributed by atoms with van der Waals surface area (Å²) in [5.41, 5.74) is 3.30. The lowest BCUT2D eigenvalue weighted by Crippen LogP contribution is -2.26. The summed E-state index contributed by atoms with van der Waals surface area (Å²) < 4.78 is 4.86. The fourth-order valence-corrected chi connectivity index (χ4v) is 5.27. The van der Waals surface area contributed by atoms with Crippen molar-refractivity contribution in [1.82, 2.24) is 19.1 Å². The number of pyridine rings is 1. The van der Waals surface area contributed by atoms with Crippen molar-refractivity contribution >= 4 is 40.1 Å². The Hall–Kier alpha value is -2.02. The third-order valence-corrected chi connectivity index (χ3v) is 6.70. The predicted octanol–water partition coefficient (Wildman–Crippen LogP) is 5.18. The van der Waals surface area contributed by atoms with Crippen molar-refractivity contribution in [3.63, 3.8) is 0 Å².